The Labute approximate surface area is 143 Å². The number of aryl methyl sites for hydroxylation is 1. The van der Waals surface area contributed by atoms with Crippen molar-refractivity contribution in [3.05, 3.63) is 39.8 Å². The molecule has 1 saturated heterocycles. The summed E-state index contributed by atoms with van der Waals surface area (Å²) in [5.41, 5.74) is 0.750. The fourth-order valence-corrected chi connectivity index (χ4v) is 3.10. The number of nitrogens with one attached hydrogen (secondary N) is 1. The second kappa shape index (κ2) is 7.54. The predicted molar refractivity (Wildman–Crippen MR) is 92.4 cm³/mol. The van der Waals surface area contributed by atoms with Crippen LogP contribution in [0.5, 0.6) is 0 Å². The lowest BCUT2D eigenvalue weighted by molar-refractivity contribution is 0.143. The van der Waals surface area contributed by atoms with Crippen LogP contribution < -0.4 is 10.9 Å². The number of piperazine rings is 1. The van der Waals surface area contributed by atoms with Gasteiger partial charge in [-0.05, 0) is 13.0 Å². The Morgan fingerprint density at radius 2 is 2.04 bits per heavy atom. The SMILES string of the molecule is Cc1ccc(=O)n(CCN2CCN(C(=O)Nc3nccs3)CC2)n1. The monoisotopic (exact) mass is 348 g/mol. The molecule has 2 amide bonds. The Hall–Kier alpha value is -2.26. The average molecular weight is 348 g/mol. The van der Waals surface area contributed by atoms with Crippen molar-refractivity contribution in [2.24, 2.45) is 0 Å². The average Bonchev–Trinajstić information content (AvgIpc) is 3.09. The van der Waals surface area contributed by atoms with Crippen LogP contribution in [-0.2, 0) is 6.54 Å². The highest BCUT2D eigenvalue weighted by Crippen LogP contribution is 2.12. The maximum atomic E-state index is 12.1. The van der Waals surface area contributed by atoms with Crippen LogP contribution in [0.2, 0.25) is 0 Å². The van der Waals surface area contributed by atoms with Crippen LogP contribution >= 0.6 is 11.3 Å². The third kappa shape index (κ3) is 4.18. The number of amides is 2. The molecule has 0 atom stereocenters. The fourth-order valence-electron chi connectivity index (χ4n) is 2.58. The molecule has 0 aliphatic carbocycles. The molecule has 2 aromatic heterocycles. The van der Waals surface area contributed by atoms with Crippen molar-refractivity contribution >= 4 is 22.5 Å². The summed E-state index contributed by atoms with van der Waals surface area (Å²) in [7, 11) is 0. The molecule has 3 rings (SSSR count). The van der Waals surface area contributed by atoms with Gasteiger partial charge in [0.25, 0.3) is 5.56 Å². The Bertz CT molecular complexity index is 737. The summed E-state index contributed by atoms with van der Waals surface area (Å²) in [6.45, 7) is 6.07. The highest BCUT2D eigenvalue weighted by molar-refractivity contribution is 7.13. The Morgan fingerprint density at radius 1 is 1.25 bits per heavy atom. The summed E-state index contributed by atoms with van der Waals surface area (Å²) in [5.74, 6) is 0. The first-order chi connectivity index (χ1) is 11.6. The van der Waals surface area contributed by atoms with Crippen LogP contribution in [0.4, 0.5) is 9.93 Å². The van der Waals surface area contributed by atoms with E-state index >= 15 is 0 Å². The van der Waals surface area contributed by atoms with E-state index < -0.39 is 0 Å². The summed E-state index contributed by atoms with van der Waals surface area (Å²) in [4.78, 5) is 32.0. The number of carbonyl (C=O) groups excluding carboxylic acids is 1. The maximum Gasteiger partial charge on any atom is 0.323 e. The van der Waals surface area contributed by atoms with Gasteiger partial charge >= 0.3 is 6.03 Å². The fraction of sp³-hybridized carbons (Fsp3) is 0.467. The summed E-state index contributed by atoms with van der Waals surface area (Å²) >= 11 is 1.40. The minimum atomic E-state index is -0.110. The lowest BCUT2D eigenvalue weighted by atomic mass is 10.3. The number of anilines is 1. The number of carbonyl (C=O) groups is 1. The van der Waals surface area contributed by atoms with E-state index in [9.17, 15) is 9.59 Å². The van der Waals surface area contributed by atoms with Crippen molar-refractivity contribution in [1.29, 1.82) is 0 Å². The molecule has 8 nitrogen and oxygen atoms in total. The Morgan fingerprint density at radius 3 is 2.75 bits per heavy atom. The summed E-state index contributed by atoms with van der Waals surface area (Å²) in [5, 5.41) is 9.48. The molecule has 24 heavy (non-hydrogen) atoms. The molecule has 1 N–H and O–H groups in total. The number of nitrogens with zero attached hydrogens (tertiary/aromatic N) is 5. The molecule has 3 heterocycles. The van der Waals surface area contributed by atoms with Gasteiger partial charge in [-0.3, -0.25) is 15.0 Å². The summed E-state index contributed by atoms with van der Waals surface area (Å²) < 4.78 is 1.50. The van der Waals surface area contributed by atoms with Gasteiger partial charge in [0.05, 0.1) is 12.2 Å². The molecular formula is C15H20N6O2S. The molecule has 0 bridgehead atoms. The third-order valence-electron chi connectivity index (χ3n) is 3.93. The molecule has 1 aliphatic heterocycles. The van der Waals surface area contributed by atoms with Crippen LogP contribution in [0, 0.1) is 6.92 Å². The number of urea groups is 1. The first-order valence-corrected chi connectivity index (χ1v) is 8.72. The van der Waals surface area contributed by atoms with Gasteiger partial charge in [-0.2, -0.15) is 5.10 Å². The molecule has 0 aromatic carbocycles. The molecule has 0 saturated carbocycles. The van der Waals surface area contributed by atoms with Crippen LogP contribution in [0.3, 0.4) is 0 Å². The predicted octanol–water partition coefficient (Wildman–Crippen LogP) is 0.858. The van der Waals surface area contributed by atoms with Gasteiger partial charge in [-0.1, -0.05) is 0 Å². The molecule has 0 spiro atoms. The molecule has 2 aromatic rings. The van der Waals surface area contributed by atoms with Crippen LogP contribution in [0.1, 0.15) is 5.69 Å². The lowest BCUT2D eigenvalue weighted by Gasteiger charge is -2.34. The standard InChI is InChI=1S/C15H20N6O2S/c1-12-2-3-13(22)21(18-12)10-7-19-5-8-20(9-6-19)15(23)17-14-16-4-11-24-14/h2-4,11H,5-10H2,1H3,(H,16,17,23). The van der Waals surface area contributed by atoms with Crippen molar-refractivity contribution in [2.75, 3.05) is 38.0 Å². The first kappa shape index (κ1) is 16.6. The molecule has 1 fully saturated rings. The van der Waals surface area contributed by atoms with Gasteiger partial charge in [-0.25, -0.2) is 14.5 Å². The third-order valence-corrected chi connectivity index (χ3v) is 4.62. The number of hydrogen-bond acceptors (Lipinski definition) is 6. The van der Waals surface area contributed by atoms with Crippen LogP contribution in [0.15, 0.2) is 28.5 Å². The van der Waals surface area contributed by atoms with Gasteiger partial charge in [0.15, 0.2) is 5.13 Å². The van der Waals surface area contributed by atoms with Gasteiger partial charge in [0, 0.05) is 50.4 Å². The highest BCUT2D eigenvalue weighted by atomic mass is 32.1. The number of aromatic nitrogens is 3. The van der Waals surface area contributed by atoms with Gasteiger partial charge in [-0.15, -0.1) is 11.3 Å². The van der Waals surface area contributed by atoms with E-state index in [0.717, 1.165) is 25.3 Å². The van der Waals surface area contributed by atoms with E-state index in [1.54, 1.807) is 23.2 Å². The van der Waals surface area contributed by atoms with Gasteiger partial charge in [0.1, 0.15) is 0 Å². The molecule has 0 unspecified atom stereocenters. The molecule has 9 heteroatoms. The highest BCUT2D eigenvalue weighted by Gasteiger charge is 2.21. The molecule has 1 aliphatic rings. The normalized spacial score (nSPS) is 15.5. The van der Waals surface area contributed by atoms with E-state index in [1.807, 2.05) is 12.3 Å². The van der Waals surface area contributed by atoms with E-state index in [0.29, 0.717) is 24.8 Å². The van der Waals surface area contributed by atoms with Crippen molar-refractivity contribution in [2.45, 2.75) is 13.5 Å². The van der Waals surface area contributed by atoms with Crippen molar-refractivity contribution in [3.8, 4) is 0 Å². The zero-order valence-corrected chi connectivity index (χ0v) is 14.3. The molecular weight excluding hydrogens is 328 g/mol. The van der Waals surface area contributed by atoms with Crippen molar-refractivity contribution < 1.29 is 4.79 Å². The zero-order chi connectivity index (χ0) is 16.9. The number of hydrogen-bond donors (Lipinski definition) is 1. The summed E-state index contributed by atoms with van der Waals surface area (Å²) in [6, 6.07) is 3.16. The second-order valence-electron chi connectivity index (χ2n) is 5.63. The Kier molecular flexibility index (Phi) is 5.21. The van der Waals surface area contributed by atoms with Crippen LogP contribution in [0.25, 0.3) is 0 Å². The molecule has 0 radical (unpaired) electrons. The largest absolute Gasteiger partial charge is 0.323 e. The van der Waals surface area contributed by atoms with Crippen molar-refractivity contribution in [1.82, 2.24) is 24.6 Å². The van der Waals surface area contributed by atoms with Gasteiger partial charge < -0.3 is 4.90 Å². The second-order valence-corrected chi connectivity index (χ2v) is 6.53. The lowest BCUT2D eigenvalue weighted by Crippen LogP contribution is -2.50. The summed E-state index contributed by atoms with van der Waals surface area (Å²) in [6.07, 6.45) is 1.67. The Balaban J connectivity index is 1.46. The molecule has 128 valence electrons. The van der Waals surface area contributed by atoms with Gasteiger partial charge in [0.2, 0.25) is 0 Å². The van der Waals surface area contributed by atoms with Crippen LogP contribution in [-0.4, -0.2) is 63.3 Å². The quantitative estimate of drug-likeness (QED) is 0.886. The number of rotatable bonds is 4. The minimum absolute atomic E-state index is 0.0814. The first-order valence-electron chi connectivity index (χ1n) is 7.84. The van der Waals surface area contributed by atoms with Crippen molar-refractivity contribution in [3.63, 3.8) is 0 Å². The van der Waals surface area contributed by atoms with E-state index in [4.69, 9.17) is 0 Å². The smallest absolute Gasteiger partial charge is 0.322 e. The zero-order valence-electron chi connectivity index (χ0n) is 13.5. The topological polar surface area (TPSA) is 83.4 Å². The maximum absolute atomic E-state index is 12.1. The number of thiazole rings is 1. The van der Waals surface area contributed by atoms with E-state index in [-0.39, 0.29) is 11.6 Å². The van der Waals surface area contributed by atoms with E-state index in [1.165, 1.54) is 16.0 Å². The van der Waals surface area contributed by atoms with E-state index in [2.05, 4.69) is 20.3 Å². The minimum Gasteiger partial charge on any atom is -0.322 e.